The average Bonchev–Trinajstić information content (AvgIpc) is 3.25. The van der Waals surface area contributed by atoms with Crippen LogP contribution in [0.3, 0.4) is 0 Å². The van der Waals surface area contributed by atoms with E-state index in [1.165, 1.54) is 44.9 Å². The number of rotatable bonds is 40. The predicted octanol–water partition coefficient (Wildman–Crippen LogP) is 10.5. The molecule has 13 heteroatoms. The largest absolute Gasteiger partial charge is 0.462 e. The summed E-state index contributed by atoms with van der Waals surface area (Å²) in [5.74, 6) is -2.02. The van der Waals surface area contributed by atoms with Gasteiger partial charge < -0.3 is 34.3 Å². The molecule has 63 heavy (non-hydrogen) atoms. The van der Waals surface area contributed by atoms with Gasteiger partial charge in [-0.05, 0) is 77.0 Å². The lowest BCUT2D eigenvalue weighted by Crippen LogP contribution is -2.60. The number of hydrogen-bond acceptors (Lipinski definition) is 11. The van der Waals surface area contributed by atoms with Crippen molar-refractivity contribution < 1.29 is 56.8 Å². The van der Waals surface area contributed by atoms with Crippen molar-refractivity contribution in [2.75, 3.05) is 19.0 Å². The van der Waals surface area contributed by atoms with Crippen LogP contribution >= 0.6 is 0 Å². The van der Waals surface area contributed by atoms with E-state index in [-0.39, 0.29) is 19.4 Å². The summed E-state index contributed by atoms with van der Waals surface area (Å²) in [7, 11) is -4.61. The fourth-order valence-corrected chi connectivity index (χ4v) is 7.76. The van der Waals surface area contributed by atoms with E-state index < -0.39 is 71.2 Å². The van der Waals surface area contributed by atoms with E-state index in [0.29, 0.717) is 12.8 Å². The Morgan fingerprint density at radius 1 is 0.556 bits per heavy atom. The van der Waals surface area contributed by atoms with Gasteiger partial charge in [0.25, 0.3) is 10.1 Å². The molecule has 1 saturated heterocycles. The zero-order valence-electron chi connectivity index (χ0n) is 38.9. The van der Waals surface area contributed by atoms with Crippen molar-refractivity contribution in [3.8, 4) is 0 Å². The molecule has 0 aromatic heterocycles. The number of allylic oxidation sites excluding steroid dienone is 10. The van der Waals surface area contributed by atoms with Crippen LogP contribution in [0, 0.1) is 0 Å². The fraction of sp³-hybridized carbons (Fsp3) is 0.760. The van der Waals surface area contributed by atoms with Crippen LogP contribution < -0.4 is 0 Å². The lowest BCUT2D eigenvalue weighted by Gasteiger charge is -2.40. The van der Waals surface area contributed by atoms with E-state index >= 15 is 0 Å². The van der Waals surface area contributed by atoms with E-state index in [9.17, 15) is 37.9 Å². The Labute approximate surface area is 381 Å². The Morgan fingerprint density at radius 2 is 1.00 bits per heavy atom. The van der Waals surface area contributed by atoms with Crippen molar-refractivity contribution >= 4 is 22.1 Å². The molecule has 0 spiro atoms. The highest BCUT2D eigenvalue weighted by Gasteiger charge is 2.46. The first-order valence-corrected chi connectivity index (χ1v) is 26.0. The monoisotopic (exact) mass is 911 g/mol. The summed E-state index contributed by atoms with van der Waals surface area (Å²) >= 11 is 0. The van der Waals surface area contributed by atoms with Crippen molar-refractivity contribution in [1.29, 1.82) is 0 Å². The maximum Gasteiger partial charge on any atom is 0.306 e. The Balaban J connectivity index is 2.43. The third kappa shape index (κ3) is 34.4. The molecule has 6 unspecified atom stereocenters. The molecule has 1 rings (SSSR count). The molecular formula is C50H86O12S. The van der Waals surface area contributed by atoms with Crippen LogP contribution in [0.2, 0.25) is 0 Å². The predicted molar refractivity (Wildman–Crippen MR) is 252 cm³/mol. The molecule has 6 atom stereocenters. The zero-order chi connectivity index (χ0) is 46.2. The van der Waals surface area contributed by atoms with Gasteiger partial charge in [-0.25, -0.2) is 0 Å². The molecule has 1 fully saturated rings. The fourth-order valence-electron chi connectivity index (χ4n) is 7.07. The molecule has 1 aliphatic heterocycles. The highest BCUT2D eigenvalue weighted by atomic mass is 32.2. The SMILES string of the molecule is CC/C=C\C/C=C\C/C=C\C/C=C\CCCCCCCCC(=O)OC(COC(=O)CCCCCCC/C=C\CCCCCCCCC)COC1OC(CS(=O)(=O)O)C(O)C(O)C1O. The summed E-state index contributed by atoms with van der Waals surface area (Å²) in [6, 6.07) is 0. The second kappa shape index (κ2) is 39.7. The highest BCUT2D eigenvalue weighted by molar-refractivity contribution is 7.85. The van der Waals surface area contributed by atoms with Crippen LogP contribution in [0.5, 0.6) is 0 Å². The summed E-state index contributed by atoms with van der Waals surface area (Å²) in [6.07, 6.45) is 39.7. The summed E-state index contributed by atoms with van der Waals surface area (Å²) in [4.78, 5) is 25.5. The normalized spacial score (nSPS) is 20.3. The van der Waals surface area contributed by atoms with Gasteiger partial charge in [0, 0.05) is 12.8 Å². The minimum atomic E-state index is -4.61. The molecule has 0 amide bonds. The minimum absolute atomic E-state index is 0.144. The Hall–Kier alpha value is -2.65. The molecule has 0 aliphatic carbocycles. The van der Waals surface area contributed by atoms with Gasteiger partial charge in [0.15, 0.2) is 12.4 Å². The topological polar surface area (TPSA) is 186 Å². The maximum atomic E-state index is 12.8. The molecule has 1 aliphatic rings. The number of carbonyl (C=O) groups is 2. The number of ether oxygens (including phenoxy) is 4. The molecule has 12 nitrogen and oxygen atoms in total. The first-order valence-electron chi connectivity index (χ1n) is 24.3. The van der Waals surface area contributed by atoms with Gasteiger partial charge in [0.2, 0.25) is 0 Å². The van der Waals surface area contributed by atoms with Gasteiger partial charge in [-0.2, -0.15) is 8.42 Å². The number of aliphatic hydroxyl groups is 3. The second-order valence-electron chi connectivity index (χ2n) is 16.7. The van der Waals surface area contributed by atoms with Crippen molar-refractivity contribution in [1.82, 2.24) is 0 Å². The number of aliphatic hydroxyl groups excluding tert-OH is 3. The van der Waals surface area contributed by atoms with E-state index in [2.05, 4.69) is 74.6 Å². The smallest absolute Gasteiger partial charge is 0.306 e. The molecule has 0 aromatic rings. The van der Waals surface area contributed by atoms with Crippen molar-refractivity contribution in [2.24, 2.45) is 0 Å². The Kier molecular flexibility index (Phi) is 36.8. The van der Waals surface area contributed by atoms with Gasteiger partial charge in [-0.15, -0.1) is 0 Å². The van der Waals surface area contributed by atoms with Gasteiger partial charge in [-0.3, -0.25) is 14.1 Å². The summed E-state index contributed by atoms with van der Waals surface area (Å²) in [5, 5.41) is 30.9. The van der Waals surface area contributed by atoms with Crippen LogP contribution in [0.15, 0.2) is 60.8 Å². The van der Waals surface area contributed by atoms with Crippen molar-refractivity contribution in [3.05, 3.63) is 60.8 Å². The molecule has 1 heterocycles. The number of esters is 2. The van der Waals surface area contributed by atoms with Crippen molar-refractivity contribution in [2.45, 2.75) is 224 Å². The molecule has 0 radical (unpaired) electrons. The molecule has 4 N–H and O–H groups in total. The van der Waals surface area contributed by atoms with Crippen LogP contribution in [0.1, 0.15) is 187 Å². The second-order valence-corrected chi connectivity index (χ2v) is 18.2. The first kappa shape index (κ1) is 58.4. The molecular weight excluding hydrogens is 825 g/mol. The molecule has 0 aromatic carbocycles. The van der Waals surface area contributed by atoms with Crippen LogP contribution in [0.25, 0.3) is 0 Å². The summed E-state index contributed by atoms with van der Waals surface area (Å²) in [5.41, 5.74) is 0. The number of unbranched alkanes of at least 4 members (excludes halogenated alkanes) is 18. The van der Waals surface area contributed by atoms with E-state index in [1.807, 2.05) is 0 Å². The lowest BCUT2D eigenvalue weighted by atomic mass is 10.00. The number of carbonyl (C=O) groups excluding carboxylic acids is 2. The van der Waals surface area contributed by atoms with Gasteiger partial charge in [-0.1, -0.05) is 158 Å². The van der Waals surface area contributed by atoms with Gasteiger partial charge in [0.05, 0.1) is 6.61 Å². The average molecular weight is 911 g/mol. The molecule has 0 bridgehead atoms. The van der Waals surface area contributed by atoms with E-state index in [1.54, 1.807) is 0 Å². The standard InChI is InChI=1S/C50H86O12S/c1-3-5-7-9-11-13-15-17-19-21-22-23-25-27-29-31-33-35-37-39-46(52)61-43(41-60-50-49(55)48(54)47(53)44(62-50)42-63(56,57)58)40-59-45(51)38-36-34-32-30-28-26-24-20-18-16-14-12-10-8-6-4-2/h5,7,11,13,17,19-20,22-24,43-44,47-50,53-55H,3-4,6,8-10,12,14-16,18,21,25-42H2,1-2H3,(H,56,57,58)/b7-5-,13-11-,19-17-,23-22-,24-20-. The van der Waals surface area contributed by atoms with Crippen LogP contribution in [0.4, 0.5) is 0 Å². The first-order chi connectivity index (χ1) is 30.5. The lowest BCUT2D eigenvalue weighted by molar-refractivity contribution is -0.297. The highest BCUT2D eigenvalue weighted by Crippen LogP contribution is 2.24. The van der Waals surface area contributed by atoms with E-state index in [4.69, 9.17) is 18.9 Å². The maximum absolute atomic E-state index is 12.8. The van der Waals surface area contributed by atoms with Crippen molar-refractivity contribution in [3.63, 3.8) is 0 Å². The number of hydrogen-bond donors (Lipinski definition) is 4. The summed E-state index contributed by atoms with van der Waals surface area (Å²) in [6.45, 7) is 3.63. The molecule has 364 valence electrons. The zero-order valence-corrected chi connectivity index (χ0v) is 39.7. The minimum Gasteiger partial charge on any atom is -0.462 e. The van der Waals surface area contributed by atoms with Gasteiger partial charge >= 0.3 is 11.9 Å². The van der Waals surface area contributed by atoms with Crippen LogP contribution in [-0.4, -0.2) is 96.0 Å². The molecule has 0 saturated carbocycles. The quantitative estimate of drug-likeness (QED) is 0.0198. The Bertz CT molecular complexity index is 1390. The van der Waals surface area contributed by atoms with Crippen LogP contribution in [-0.2, 0) is 38.7 Å². The Morgan fingerprint density at radius 3 is 1.51 bits per heavy atom. The van der Waals surface area contributed by atoms with Gasteiger partial charge in [0.1, 0.15) is 36.8 Å². The third-order valence-electron chi connectivity index (χ3n) is 10.8. The summed E-state index contributed by atoms with van der Waals surface area (Å²) < 4.78 is 54.1. The van der Waals surface area contributed by atoms with E-state index in [0.717, 1.165) is 103 Å². The third-order valence-corrected chi connectivity index (χ3v) is 11.6.